The molecule has 0 fully saturated rings. The Morgan fingerprint density at radius 2 is 2.11 bits per heavy atom. The summed E-state index contributed by atoms with van der Waals surface area (Å²) in [6, 6.07) is 7.19. The fraction of sp³-hybridized carbons (Fsp3) is 0.333. The van der Waals surface area contributed by atoms with Crippen molar-refractivity contribution < 1.29 is 5.11 Å². The third-order valence-corrected chi connectivity index (χ3v) is 3.26. The molecule has 0 spiro atoms. The lowest BCUT2D eigenvalue weighted by Crippen LogP contribution is -2.12. The van der Waals surface area contributed by atoms with Gasteiger partial charge in [-0.1, -0.05) is 19.1 Å². The molecule has 0 aliphatic rings. The molecule has 4 N–H and O–H groups in total. The molecule has 96 valence electrons. The molecule has 18 heavy (non-hydrogen) atoms. The van der Waals surface area contributed by atoms with Crippen molar-refractivity contribution in [1.82, 2.24) is 9.36 Å². The summed E-state index contributed by atoms with van der Waals surface area (Å²) < 4.78 is 4.17. The van der Waals surface area contributed by atoms with Gasteiger partial charge < -0.3 is 16.2 Å². The van der Waals surface area contributed by atoms with Gasteiger partial charge in [-0.15, -0.1) is 0 Å². The molecule has 0 amide bonds. The van der Waals surface area contributed by atoms with E-state index < -0.39 is 6.10 Å². The molecule has 1 heterocycles. The van der Waals surface area contributed by atoms with Gasteiger partial charge in [0.2, 0.25) is 5.13 Å². The largest absolute Gasteiger partial charge is 0.399 e. The SMILES string of the molecule is CCc1nsc(NCC(O)c2ccc(N)cc2)n1. The molecule has 6 heteroatoms. The van der Waals surface area contributed by atoms with Crippen molar-refractivity contribution in [2.75, 3.05) is 17.6 Å². The topological polar surface area (TPSA) is 84.1 Å². The second-order valence-corrected chi connectivity index (χ2v) is 4.68. The van der Waals surface area contributed by atoms with Crippen LogP contribution >= 0.6 is 11.5 Å². The minimum absolute atomic E-state index is 0.405. The van der Waals surface area contributed by atoms with Gasteiger partial charge in [-0.2, -0.15) is 4.37 Å². The number of aliphatic hydroxyl groups excluding tert-OH is 1. The second kappa shape index (κ2) is 5.79. The highest BCUT2D eigenvalue weighted by Crippen LogP contribution is 2.17. The maximum atomic E-state index is 9.99. The zero-order valence-electron chi connectivity index (χ0n) is 10.1. The van der Waals surface area contributed by atoms with E-state index in [1.165, 1.54) is 11.5 Å². The third kappa shape index (κ3) is 3.18. The number of nitrogens with zero attached hydrogens (tertiary/aromatic N) is 2. The Bertz CT molecular complexity index is 497. The summed E-state index contributed by atoms with van der Waals surface area (Å²) in [7, 11) is 0. The van der Waals surface area contributed by atoms with Gasteiger partial charge in [0.05, 0.1) is 6.10 Å². The van der Waals surface area contributed by atoms with Gasteiger partial charge in [-0.05, 0) is 17.7 Å². The number of hydrogen-bond donors (Lipinski definition) is 3. The van der Waals surface area contributed by atoms with E-state index in [4.69, 9.17) is 5.73 Å². The average Bonchev–Trinajstić information content (AvgIpc) is 2.85. The summed E-state index contributed by atoms with van der Waals surface area (Å²) in [6.07, 6.45) is 0.234. The van der Waals surface area contributed by atoms with Crippen molar-refractivity contribution in [3.8, 4) is 0 Å². The zero-order valence-corrected chi connectivity index (χ0v) is 10.9. The van der Waals surface area contributed by atoms with Crippen molar-refractivity contribution in [3.05, 3.63) is 35.7 Å². The van der Waals surface area contributed by atoms with E-state index in [0.717, 1.165) is 22.9 Å². The third-order valence-electron chi connectivity index (χ3n) is 2.55. The first-order valence-electron chi connectivity index (χ1n) is 5.79. The Kier molecular flexibility index (Phi) is 4.11. The standard InChI is InChI=1S/C12H16N4OS/c1-2-11-15-12(18-16-11)14-7-10(17)8-3-5-9(13)6-4-8/h3-6,10,17H,2,7,13H2,1H3,(H,14,15,16). The van der Waals surface area contributed by atoms with Crippen LogP contribution in [0.25, 0.3) is 0 Å². The van der Waals surface area contributed by atoms with Crippen LogP contribution in [0.2, 0.25) is 0 Å². The minimum Gasteiger partial charge on any atom is -0.399 e. The molecule has 0 radical (unpaired) electrons. The van der Waals surface area contributed by atoms with Crippen molar-refractivity contribution >= 4 is 22.4 Å². The molecule has 5 nitrogen and oxygen atoms in total. The van der Waals surface area contributed by atoms with Crippen molar-refractivity contribution in [2.24, 2.45) is 0 Å². The first-order valence-corrected chi connectivity index (χ1v) is 6.56. The molecule has 1 atom stereocenters. The molecular weight excluding hydrogens is 248 g/mol. The molecule has 0 bridgehead atoms. The fourth-order valence-electron chi connectivity index (χ4n) is 1.49. The number of anilines is 2. The van der Waals surface area contributed by atoms with Crippen molar-refractivity contribution in [2.45, 2.75) is 19.4 Å². The van der Waals surface area contributed by atoms with Gasteiger partial charge in [0.15, 0.2) is 0 Å². The van der Waals surface area contributed by atoms with Gasteiger partial charge in [0.25, 0.3) is 0 Å². The maximum absolute atomic E-state index is 9.99. The average molecular weight is 264 g/mol. The van der Waals surface area contributed by atoms with Crippen LogP contribution < -0.4 is 11.1 Å². The van der Waals surface area contributed by atoms with Crippen LogP contribution in [0.1, 0.15) is 24.4 Å². The molecule has 1 aromatic heterocycles. The summed E-state index contributed by atoms with van der Waals surface area (Å²) in [5.74, 6) is 0.824. The number of nitrogen functional groups attached to an aromatic ring is 1. The maximum Gasteiger partial charge on any atom is 0.202 e. The van der Waals surface area contributed by atoms with Gasteiger partial charge >= 0.3 is 0 Å². The van der Waals surface area contributed by atoms with Crippen LogP contribution in [0.15, 0.2) is 24.3 Å². The molecule has 2 rings (SSSR count). The lowest BCUT2D eigenvalue weighted by molar-refractivity contribution is 0.191. The highest BCUT2D eigenvalue weighted by molar-refractivity contribution is 7.09. The van der Waals surface area contributed by atoms with E-state index in [2.05, 4.69) is 14.7 Å². The number of rotatable bonds is 5. The van der Waals surface area contributed by atoms with E-state index in [1.807, 2.05) is 19.1 Å². The Labute approximate surface area is 110 Å². The molecular formula is C12H16N4OS. The van der Waals surface area contributed by atoms with Crippen LogP contribution in [-0.4, -0.2) is 21.0 Å². The number of aromatic nitrogens is 2. The summed E-state index contributed by atoms with van der Waals surface area (Å²) in [5, 5.41) is 13.8. The molecule has 0 saturated heterocycles. The highest BCUT2D eigenvalue weighted by atomic mass is 32.1. The smallest absolute Gasteiger partial charge is 0.202 e. The number of nitrogens with one attached hydrogen (secondary N) is 1. The molecule has 2 aromatic rings. The summed E-state index contributed by atoms with van der Waals surface area (Å²) in [6.45, 7) is 2.41. The van der Waals surface area contributed by atoms with Crippen LogP contribution in [0, 0.1) is 0 Å². The molecule has 0 aliphatic carbocycles. The van der Waals surface area contributed by atoms with Crippen molar-refractivity contribution in [1.29, 1.82) is 0 Å². The van der Waals surface area contributed by atoms with Gasteiger partial charge in [-0.25, -0.2) is 4.98 Å². The van der Waals surface area contributed by atoms with E-state index in [-0.39, 0.29) is 0 Å². The zero-order chi connectivity index (χ0) is 13.0. The Balaban J connectivity index is 1.91. The van der Waals surface area contributed by atoms with Crippen LogP contribution in [-0.2, 0) is 6.42 Å². The lowest BCUT2D eigenvalue weighted by atomic mass is 10.1. The normalized spacial score (nSPS) is 12.3. The van der Waals surface area contributed by atoms with E-state index in [1.54, 1.807) is 12.1 Å². The Morgan fingerprint density at radius 3 is 2.72 bits per heavy atom. The Hall–Kier alpha value is -1.66. The number of aliphatic hydroxyl groups is 1. The monoisotopic (exact) mass is 264 g/mol. The van der Waals surface area contributed by atoms with Crippen molar-refractivity contribution in [3.63, 3.8) is 0 Å². The number of nitrogens with two attached hydrogens (primary N) is 1. The summed E-state index contributed by atoms with van der Waals surface area (Å²) >= 11 is 1.31. The summed E-state index contributed by atoms with van der Waals surface area (Å²) in [4.78, 5) is 4.27. The van der Waals surface area contributed by atoms with E-state index in [0.29, 0.717) is 12.2 Å². The van der Waals surface area contributed by atoms with Gasteiger partial charge in [0, 0.05) is 30.2 Å². The van der Waals surface area contributed by atoms with E-state index in [9.17, 15) is 5.11 Å². The lowest BCUT2D eigenvalue weighted by Gasteiger charge is -2.11. The first-order chi connectivity index (χ1) is 8.69. The van der Waals surface area contributed by atoms with Gasteiger partial charge in [-0.3, -0.25) is 0 Å². The molecule has 1 aromatic carbocycles. The molecule has 0 saturated carbocycles. The Morgan fingerprint density at radius 1 is 1.39 bits per heavy atom. The molecule has 1 unspecified atom stereocenters. The fourth-order valence-corrected chi connectivity index (χ4v) is 2.15. The minimum atomic E-state index is -0.584. The number of aryl methyl sites for hydroxylation is 1. The van der Waals surface area contributed by atoms with Crippen LogP contribution in [0.4, 0.5) is 10.8 Å². The highest BCUT2D eigenvalue weighted by Gasteiger charge is 2.08. The number of hydrogen-bond acceptors (Lipinski definition) is 6. The second-order valence-electron chi connectivity index (χ2n) is 3.93. The predicted molar refractivity (Wildman–Crippen MR) is 73.6 cm³/mol. The van der Waals surface area contributed by atoms with Crippen LogP contribution in [0.5, 0.6) is 0 Å². The summed E-state index contributed by atoms with van der Waals surface area (Å²) in [5.41, 5.74) is 7.12. The van der Waals surface area contributed by atoms with E-state index >= 15 is 0 Å². The van der Waals surface area contributed by atoms with Crippen LogP contribution in [0.3, 0.4) is 0 Å². The quantitative estimate of drug-likeness (QED) is 0.717. The number of benzene rings is 1. The molecule has 0 aliphatic heterocycles. The van der Waals surface area contributed by atoms with Gasteiger partial charge in [0.1, 0.15) is 5.82 Å². The predicted octanol–water partition coefficient (Wildman–Crippen LogP) is 1.83. The first kappa shape index (κ1) is 12.8.